The third-order valence-corrected chi connectivity index (χ3v) is 4.61. The molecule has 1 nitrogen and oxygen atoms in total. The zero-order chi connectivity index (χ0) is 7.19. The highest BCUT2D eigenvalue weighted by Crippen LogP contribution is 2.57. The summed E-state index contributed by atoms with van der Waals surface area (Å²) >= 11 is 0. The van der Waals surface area contributed by atoms with Gasteiger partial charge in [-0.2, -0.15) is 0 Å². The minimum atomic E-state index is -1.07. The molecule has 2 rings (SSSR count). The summed E-state index contributed by atoms with van der Waals surface area (Å²) < 4.78 is 10.7. The van der Waals surface area contributed by atoms with Gasteiger partial charge in [0.15, 0.2) is 0 Å². The molecule has 2 aliphatic carbocycles. The van der Waals surface area contributed by atoms with E-state index >= 15 is 0 Å². The first-order valence-electron chi connectivity index (χ1n) is 3.79. The van der Waals surface area contributed by atoms with Gasteiger partial charge in [0.25, 0.3) is 0 Å². The van der Waals surface area contributed by atoms with Gasteiger partial charge in [0, 0.05) is 0 Å². The number of halogens is 1. The summed E-state index contributed by atoms with van der Waals surface area (Å²) in [6.45, 7) is 0. The first kappa shape index (κ1) is 7.11. The lowest BCUT2D eigenvalue weighted by Gasteiger charge is -2.53. The highest BCUT2D eigenvalue weighted by atomic mass is 35.7. The van der Waals surface area contributed by atoms with Gasteiger partial charge >= 0.3 is 0 Å². The molecule has 0 aromatic rings. The summed E-state index contributed by atoms with van der Waals surface area (Å²) in [7, 11) is 4.39. The molecule has 0 N–H and O–H groups in total. The van der Waals surface area contributed by atoms with Crippen molar-refractivity contribution in [3.63, 3.8) is 0 Å². The second-order valence-corrected chi connectivity index (χ2v) is 5.71. The van der Waals surface area contributed by atoms with Gasteiger partial charge in [-0.05, 0) is 41.8 Å². The molecule has 3 heteroatoms. The SMILES string of the molecule is O=S(Cl)C1CC2(CCC2)C1. The van der Waals surface area contributed by atoms with Crippen LogP contribution >= 0.6 is 10.7 Å². The fourth-order valence-corrected chi connectivity index (χ4v) is 3.47. The van der Waals surface area contributed by atoms with E-state index in [1.54, 1.807) is 0 Å². The molecule has 0 bridgehead atoms. The summed E-state index contributed by atoms with van der Waals surface area (Å²) in [6.07, 6.45) is 6.35. The van der Waals surface area contributed by atoms with E-state index in [1.807, 2.05) is 0 Å². The summed E-state index contributed by atoms with van der Waals surface area (Å²) in [5, 5.41) is 0.321. The van der Waals surface area contributed by atoms with Crippen LogP contribution in [0.1, 0.15) is 32.1 Å². The Hall–Kier alpha value is 0.440. The van der Waals surface area contributed by atoms with E-state index in [0.29, 0.717) is 10.7 Å². The van der Waals surface area contributed by atoms with Crippen molar-refractivity contribution in [2.45, 2.75) is 37.4 Å². The normalized spacial score (nSPS) is 32.9. The van der Waals surface area contributed by atoms with Crippen LogP contribution in [0.5, 0.6) is 0 Å². The van der Waals surface area contributed by atoms with Crippen LogP contribution in [0.25, 0.3) is 0 Å². The lowest BCUT2D eigenvalue weighted by molar-refractivity contribution is 0.0371. The van der Waals surface area contributed by atoms with E-state index in [1.165, 1.54) is 19.3 Å². The Bertz CT molecular complexity index is 168. The third kappa shape index (κ3) is 0.928. The molecule has 2 fully saturated rings. The van der Waals surface area contributed by atoms with E-state index in [9.17, 15) is 4.21 Å². The van der Waals surface area contributed by atoms with Crippen LogP contribution in [-0.4, -0.2) is 9.46 Å². The van der Waals surface area contributed by atoms with Gasteiger partial charge in [0.05, 0.1) is 5.25 Å². The van der Waals surface area contributed by atoms with Gasteiger partial charge in [0.2, 0.25) is 0 Å². The Labute approximate surface area is 68.1 Å². The maximum atomic E-state index is 10.7. The second kappa shape index (κ2) is 2.21. The molecule has 58 valence electrons. The Morgan fingerprint density at radius 2 is 2.00 bits per heavy atom. The van der Waals surface area contributed by atoms with Crippen LogP contribution in [0.4, 0.5) is 0 Å². The second-order valence-electron chi connectivity index (χ2n) is 3.63. The monoisotopic (exact) mass is 178 g/mol. The predicted octanol–water partition coefficient (Wildman–Crippen LogP) is 2.22. The quantitative estimate of drug-likeness (QED) is 0.563. The molecule has 0 aliphatic heterocycles. The fourth-order valence-electron chi connectivity index (χ4n) is 2.12. The van der Waals surface area contributed by atoms with Crippen LogP contribution in [-0.2, 0) is 10.0 Å². The fraction of sp³-hybridized carbons (Fsp3) is 1.00. The predicted molar refractivity (Wildman–Crippen MR) is 43.3 cm³/mol. The smallest absolute Gasteiger partial charge is 0.118 e. The van der Waals surface area contributed by atoms with E-state index in [2.05, 4.69) is 0 Å². The molecule has 0 saturated heterocycles. The number of hydrogen-bond acceptors (Lipinski definition) is 1. The summed E-state index contributed by atoms with van der Waals surface area (Å²) in [6, 6.07) is 0. The molecule has 2 aliphatic rings. The van der Waals surface area contributed by atoms with E-state index in [4.69, 9.17) is 10.7 Å². The van der Waals surface area contributed by atoms with Crippen molar-refractivity contribution >= 4 is 20.7 Å². The average Bonchev–Trinajstić information content (AvgIpc) is 1.54. The molecule has 1 atom stereocenters. The topological polar surface area (TPSA) is 17.1 Å². The minimum Gasteiger partial charge on any atom is -0.242 e. The third-order valence-electron chi connectivity index (χ3n) is 3.00. The van der Waals surface area contributed by atoms with Crippen molar-refractivity contribution in [2.24, 2.45) is 5.41 Å². The van der Waals surface area contributed by atoms with Gasteiger partial charge in [-0.1, -0.05) is 6.42 Å². The van der Waals surface area contributed by atoms with Crippen LogP contribution in [0.2, 0.25) is 0 Å². The zero-order valence-corrected chi connectivity index (χ0v) is 7.38. The maximum Gasteiger partial charge on any atom is 0.118 e. The molecule has 0 amide bonds. The summed E-state index contributed by atoms with van der Waals surface area (Å²) in [4.78, 5) is 0. The number of rotatable bonds is 1. The molecular weight excluding hydrogens is 168 g/mol. The minimum absolute atomic E-state index is 0.321. The van der Waals surface area contributed by atoms with Crippen molar-refractivity contribution < 1.29 is 4.21 Å². The Morgan fingerprint density at radius 3 is 2.30 bits per heavy atom. The van der Waals surface area contributed by atoms with Gasteiger partial charge in [-0.15, -0.1) is 0 Å². The largest absolute Gasteiger partial charge is 0.242 e. The summed E-state index contributed by atoms with van der Waals surface area (Å²) in [5.74, 6) is 0. The average molecular weight is 179 g/mol. The number of hydrogen-bond donors (Lipinski definition) is 0. The molecule has 0 aromatic carbocycles. The van der Waals surface area contributed by atoms with Gasteiger partial charge in [-0.25, -0.2) is 4.21 Å². The summed E-state index contributed by atoms with van der Waals surface area (Å²) in [5.41, 5.74) is 0.620. The van der Waals surface area contributed by atoms with Crippen LogP contribution in [0.3, 0.4) is 0 Å². The molecule has 1 unspecified atom stereocenters. The first-order valence-corrected chi connectivity index (χ1v) is 5.83. The highest BCUT2D eigenvalue weighted by Gasteiger charge is 2.49. The van der Waals surface area contributed by atoms with E-state index < -0.39 is 10.0 Å². The van der Waals surface area contributed by atoms with Crippen LogP contribution in [0, 0.1) is 5.41 Å². The Kier molecular flexibility index (Phi) is 1.57. The lowest BCUT2D eigenvalue weighted by Crippen LogP contribution is -2.46. The van der Waals surface area contributed by atoms with Crippen molar-refractivity contribution in [1.29, 1.82) is 0 Å². The van der Waals surface area contributed by atoms with E-state index in [0.717, 1.165) is 12.8 Å². The molecule has 1 spiro atoms. The standard InChI is InChI=1S/C7H11ClOS/c8-10(9)6-4-7(5-6)2-1-3-7/h6H,1-5H2. The lowest BCUT2D eigenvalue weighted by atomic mass is 9.56. The van der Waals surface area contributed by atoms with Crippen molar-refractivity contribution in [2.75, 3.05) is 0 Å². The Morgan fingerprint density at radius 1 is 1.40 bits per heavy atom. The van der Waals surface area contributed by atoms with Crippen LogP contribution < -0.4 is 0 Å². The van der Waals surface area contributed by atoms with Crippen molar-refractivity contribution in [3.8, 4) is 0 Å². The van der Waals surface area contributed by atoms with Gasteiger partial charge in [0.1, 0.15) is 10.0 Å². The van der Waals surface area contributed by atoms with Gasteiger partial charge < -0.3 is 0 Å². The molecular formula is C7H11ClOS. The Balaban J connectivity index is 1.88. The van der Waals surface area contributed by atoms with Crippen molar-refractivity contribution in [3.05, 3.63) is 0 Å². The zero-order valence-electron chi connectivity index (χ0n) is 5.81. The van der Waals surface area contributed by atoms with Crippen LogP contribution in [0.15, 0.2) is 0 Å². The molecule has 10 heavy (non-hydrogen) atoms. The van der Waals surface area contributed by atoms with E-state index in [-0.39, 0.29) is 0 Å². The molecule has 0 radical (unpaired) electrons. The van der Waals surface area contributed by atoms with Gasteiger partial charge in [-0.3, -0.25) is 0 Å². The first-order chi connectivity index (χ1) is 4.72. The molecule has 2 saturated carbocycles. The maximum absolute atomic E-state index is 10.7. The highest BCUT2D eigenvalue weighted by molar-refractivity contribution is 8.08. The molecule has 0 aromatic heterocycles. The molecule has 0 heterocycles. The van der Waals surface area contributed by atoms with Crippen molar-refractivity contribution in [1.82, 2.24) is 0 Å².